The number of fused-ring (bicyclic) bond motifs is 1. The van der Waals surface area contributed by atoms with Crippen molar-refractivity contribution in [1.29, 1.82) is 0 Å². The molecular weight excluding hydrogens is 302 g/mol. The fraction of sp³-hybridized carbons (Fsp3) is 0.263. The maximum Gasteiger partial charge on any atom is 0.245 e. The number of benzene rings is 2. The molecule has 0 saturated heterocycles. The summed E-state index contributed by atoms with van der Waals surface area (Å²) < 4.78 is 5.73. The standard InChI is InChI=1S/C19H19N3O2/c1-11-2-4-12(5-3-11)17(20)18(23)21-14-8-9-16-15(10-14)22-19(24-16)13-6-7-13/h2-5,8-10,13,17H,6-7,20H2,1H3,(H,21,23). The number of carbonyl (C=O) groups excluding carboxylic acids is 1. The zero-order valence-electron chi connectivity index (χ0n) is 13.5. The lowest BCUT2D eigenvalue weighted by atomic mass is 10.1. The number of hydrogen-bond acceptors (Lipinski definition) is 4. The predicted molar refractivity (Wildman–Crippen MR) is 92.7 cm³/mol. The van der Waals surface area contributed by atoms with Crippen LogP contribution in [0.15, 0.2) is 46.9 Å². The summed E-state index contributed by atoms with van der Waals surface area (Å²) >= 11 is 0. The van der Waals surface area contributed by atoms with Gasteiger partial charge in [-0.25, -0.2) is 4.98 Å². The molecule has 0 aliphatic heterocycles. The molecule has 1 atom stereocenters. The average molecular weight is 321 g/mol. The van der Waals surface area contributed by atoms with Crippen LogP contribution in [0.3, 0.4) is 0 Å². The number of carbonyl (C=O) groups is 1. The number of aryl methyl sites for hydroxylation is 1. The number of nitrogens with zero attached hydrogens (tertiary/aromatic N) is 1. The monoisotopic (exact) mass is 321 g/mol. The molecule has 1 aliphatic carbocycles. The molecule has 1 fully saturated rings. The number of amides is 1. The second-order valence-corrected chi connectivity index (χ2v) is 6.39. The molecule has 5 nitrogen and oxygen atoms in total. The third kappa shape index (κ3) is 2.90. The van der Waals surface area contributed by atoms with Crippen LogP contribution in [-0.4, -0.2) is 10.9 Å². The zero-order chi connectivity index (χ0) is 16.7. The summed E-state index contributed by atoms with van der Waals surface area (Å²) in [7, 11) is 0. The Bertz CT molecular complexity index is 895. The van der Waals surface area contributed by atoms with Crippen molar-refractivity contribution in [2.75, 3.05) is 5.32 Å². The molecule has 1 aliphatic rings. The molecule has 2 aromatic carbocycles. The van der Waals surface area contributed by atoms with E-state index < -0.39 is 6.04 Å². The summed E-state index contributed by atoms with van der Waals surface area (Å²) in [5.74, 6) is 1.01. The van der Waals surface area contributed by atoms with E-state index in [9.17, 15) is 4.79 Å². The van der Waals surface area contributed by atoms with E-state index >= 15 is 0 Å². The Morgan fingerprint density at radius 3 is 2.71 bits per heavy atom. The molecule has 1 amide bonds. The minimum Gasteiger partial charge on any atom is -0.440 e. The van der Waals surface area contributed by atoms with Gasteiger partial charge in [0.25, 0.3) is 0 Å². The highest BCUT2D eigenvalue weighted by molar-refractivity contribution is 5.96. The number of nitrogens with two attached hydrogens (primary N) is 1. The van der Waals surface area contributed by atoms with Crippen LogP contribution in [0.5, 0.6) is 0 Å². The predicted octanol–water partition coefficient (Wildman–Crippen LogP) is 3.65. The van der Waals surface area contributed by atoms with Gasteiger partial charge in [0.1, 0.15) is 11.6 Å². The first-order valence-corrected chi connectivity index (χ1v) is 8.13. The summed E-state index contributed by atoms with van der Waals surface area (Å²) in [4.78, 5) is 16.9. The summed E-state index contributed by atoms with van der Waals surface area (Å²) in [5, 5.41) is 2.86. The highest BCUT2D eigenvalue weighted by Crippen LogP contribution is 2.40. The normalized spacial score (nSPS) is 15.4. The highest BCUT2D eigenvalue weighted by Gasteiger charge is 2.29. The molecular formula is C19H19N3O2. The minimum atomic E-state index is -0.708. The fourth-order valence-corrected chi connectivity index (χ4v) is 2.67. The number of hydrogen-bond donors (Lipinski definition) is 2. The smallest absolute Gasteiger partial charge is 0.245 e. The Morgan fingerprint density at radius 1 is 1.25 bits per heavy atom. The number of aromatic nitrogens is 1. The quantitative estimate of drug-likeness (QED) is 0.768. The molecule has 0 spiro atoms. The first-order valence-electron chi connectivity index (χ1n) is 8.13. The number of oxazole rings is 1. The lowest BCUT2D eigenvalue weighted by Crippen LogP contribution is -2.27. The zero-order valence-corrected chi connectivity index (χ0v) is 13.5. The Hall–Kier alpha value is -2.66. The summed E-state index contributed by atoms with van der Waals surface area (Å²) in [5.41, 5.74) is 10.2. The van der Waals surface area contributed by atoms with Gasteiger partial charge in [-0.3, -0.25) is 4.79 Å². The Kier molecular flexibility index (Phi) is 3.58. The van der Waals surface area contributed by atoms with Crippen LogP contribution < -0.4 is 11.1 Å². The van der Waals surface area contributed by atoms with Gasteiger partial charge in [0.15, 0.2) is 11.5 Å². The van der Waals surface area contributed by atoms with Crippen molar-refractivity contribution in [1.82, 2.24) is 4.98 Å². The molecule has 3 aromatic rings. The lowest BCUT2D eigenvalue weighted by Gasteiger charge is -2.12. The molecule has 1 unspecified atom stereocenters. The molecule has 5 heteroatoms. The summed E-state index contributed by atoms with van der Waals surface area (Å²) in [6.07, 6.45) is 2.28. The van der Waals surface area contributed by atoms with Gasteiger partial charge in [0.05, 0.1) is 0 Å². The van der Waals surface area contributed by atoms with Crippen molar-refractivity contribution in [2.24, 2.45) is 5.73 Å². The van der Waals surface area contributed by atoms with Crippen LogP contribution in [0.2, 0.25) is 0 Å². The van der Waals surface area contributed by atoms with Gasteiger partial charge in [-0.2, -0.15) is 0 Å². The second-order valence-electron chi connectivity index (χ2n) is 6.39. The lowest BCUT2D eigenvalue weighted by molar-refractivity contribution is -0.117. The van der Waals surface area contributed by atoms with Crippen LogP contribution in [0.1, 0.15) is 41.8 Å². The van der Waals surface area contributed by atoms with E-state index in [1.165, 1.54) is 0 Å². The Balaban J connectivity index is 1.52. The highest BCUT2D eigenvalue weighted by atomic mass is 16.3. The fourth-order valence-electron chi connectivity index (χ4n) is 2.67. The second kappa shape index (κ2) is 5.76. The molecule has 4 rings (SSSR count). The van der Waals surface area contributed by atoms with Gasteiger partial charge < -0.3 is 15.5 Å². The largest absolute Gasteiger partial charge is 0.440 e. The average Bonchev–Trinajstić information content (AvgIpc) is 3.34. The molecule has 1 heterocycles. The molecule has 1 saturated carbocycles. The maximum absolute atomic E-state index is 12.4. The van der Waals surface area contributed by atoms with E-state index in [0.717, 1.165) is 41.0 Å². The van der Waals surface area contributed by atoms with Gasteiger partial charge >= 0.3 is 0 Å². The van der Waals surface area contributed by atoms with E-state index in [0.29, 0.717) is 11.6 Å². The van der Waals surface area contributed by atoms with Gasteiger partial charge in [-0.15, -0.1) is 0 Å². The summed E-state index contributed by atoms with van der Waals surface area (Å²) in [6.45, 7) is 2.00. The summed E-state index contributed by atoms with van der Waals surface area (Å²) in [6, 6.07) is 12.4. The van der Waals surface area contributed by atoms with E-state index in [1.54, 1.807) is 0 Å². The first kappa shape index (κ1) is 14.9. The maximum atomic E-state index is 12.4. The molecule has 122 valence electrons. The Labute approximate surface area is 139 Å². The Morgan fingerprint density at radius 2 is 2.00 bits per heavy atom. The van der Waals surface area contributed by atoms with E-state index in [4.69, 9.17) is 10.2 Å². The van der Waals surface area contributed by atoms with Crippen molar-refractivity contribution in [3.05, 3.63) is 59.5 Å². The van der Waals surface area contributed by atoms with Crippen molar-refractivity contribution >= 4 is 22.7 Å². The number of rotatable bonds is 4. The van der Waals surface area contributed by atoms with Gasteiger partial charge in [0.2, 0.25) is 5.91 Å². The van der Waals surface area contributed by atoms with Crippen LogP contribution in [0, 0.1) is 6.92 Å². The third-order valence-corrected chi connectivity index (χ3v) is 4.32. The van der Waals surface area contributed by atoms with Crippen molar-refractivity contribution in [3.8, 4) is 0 Å². The van der Waals surface area contributed by atoms with Gasteiger partial charge in [-0.1, -0.05) is 29.8 Å². The van der Waals surface area contributed by atoms with Gasteiger partial charge in [0, 0.05) is 11.6 Å². The minimum absolute atomic E-state index is 0.246. The number of nitrogens with one attached hydrogen (secondary N) is 1. The van der Waals surface area contributed by atoms with Crippen LogP contribution in [0.25, 0.3) is 11.1 Å². The van der Waals surface area contributed by atoms with Crippen LogP contribution in [-0.2, 0) is 4.79 Å². The van der Waals surface area contributed by atoms with Crippen molar-refractivity contribution in [3.63, 3.8) is 0 Å². The molecule has 0 radical (unpaired) electrons. The third-order valence-electron chi connectivity index (χ3n) is 4.32. The molecule has 1 aromatic heterocycles. The molecule has 3 N–H and O–H groups in total. The van der Waals surface area contributed by atoms with Crippen molar-refractivity contribution < 1.29 is 9.21 Å². The topological polar surface area (TPSA) is 81.2 Å². The molecule has 24 heavy (non-hydrogen) atoms. The SMILES string of the molecule is Cc1ccc(C(N)C(=O)Nc2ccc3oc(C4CC4)nc3c2)cc1. The van der Waals surface area contributed by atoms with Crippen molar-refractivity contribution in [2.45, 2.75) is 31.7 Å². The van der Waals surface area contributed by atoms with E-state index in [1.807, 2.05) is 49.4 Å². The first-order chi connectivity index (χ1) is 11.6. The van der Waals surface area contributed by atoms with E-state index in [-0.39, 0.29) is 5.91 Å². The van der Waals surface area contributed by atoms with Gasteiger partial charge in [-0.05, 0) is 43.5 Å². The molecule has 0 bridgehead atoms. The van der Waals surface area contributed by atoms with Crippen LogP contribution in [0.4, 0.5) is 5.69 Å². The number of anilines is 1. The van der Waals surface area contributed by atoms with E-state index in [2.05, 4.69) is 10.3 Å². The van der Waals surface area contributed by atoms with Crippen LogP contribution >= 0.6 is 0 Å².